The predicted molar refractivity (Wildman–Crippen MR) is 64.5 cm³/mol. The summed E-state index contributed by atoms with van der Waals surface area (Å²) < 4.78 is 121. The van der Waals surface area contributed by atoms with Gasteiger partial charge in [0.1, 0.15) is 0 Å². The van der Waals surface area contributed by atoms with E-state index in [4.69, 9.17) is 19.6 Å². The molecule has 152 valence electrons. The number of alkyl halides is 7. The van der Waals surface area contributed by atoms with Crippen LogP contribution in [0.5, 0.6) is 0 Å². The maximum atomic E-state index is 14.2. The van der Waals surface area contributed by atoms with Crippen LogP contribution in [0.1, 0.15) is 26.2 Å². The van der Waals surface area contributed by atoms with Crippen molar-refractivity contribution in [1.29, 1.82) is 0 Å². The Hall–Kier alpha value is -0.270. The van der Waals surface area contributed by atoms with Crippen molar-refractivity contribution in [2.45, 2.75) is 50.0 Å². The van der Waals surface area contributed by atoms with Crippen LogP contribution in [0, 0.1) is 0 Å². The zero-order chi connectivity index (χ0) is 20.5. The first kappa shape index (κ1) is 24.7. The van der Waals surface area contributed by atoms with Crippen LogP contribution in [0.3, 0.4) is 0 Å². The van der Waals surface area contributed by atoms with Crippen molar-refractivity contribution < 1.29 is 68.5 Å². The second-order valence-electron chi connectivity index (χ2n) is 4.66. The van der Waals surface area contributed by atoms with Crippen molar-refractivity contribution in [2.24, 2.45) is 0 Å². The van der Waals surface area contributed by atoms with Crippen molar-refractivity contribution in [3.05, 3.63) is 0 Å². The summed E-state index contributed by atoms with van der Waals surface area (Å²) in [6.07, 6.45) is -9.44. The fraction of sp³-hybridized carbons (Fsp3) is 1.00. The summed E-state index contributed by atoms with van der Waals surface area (Å²) in [5.74, 6) is -19.0. The summed E-state index contributed by atoms with van der Waals surface area (Å²) in [5, 5.41) is 0. The maximum absolute atomic E-state index is 14.2. The first-order valence-corrected chi connectivity index (χ1v) is 9.13. The van der Waals surface area contributed by atoms with Gasteiger partial charge in [-0.05, 0) is 6.42 Å². The molecular weight excluding hydrogens is 419 g/mol. The lowest BCUT2D eigenvalue weighted by Crippen LogP contribution is -2.64. The average Bonchev–Trinajstić information content (AvgIpc) is 2.30. The zero-order valence-electron chi connectivity index (χ0n) is 12.1. The Bertz CT molecular complexity index is 561. The minimum absolute atomic E-state index is 0.201. The first-order valence-electron chi connectivity index (χ1n) is 6.07. The lowest BCUT2D eigenvalue weighted by molar-refractivity contribution is -0.418. The van der Waals surface area contributed by atoms with E-state index in [0.29, 0.717) is 0 Å². The SMILES string of the molecule is CCCCC(F)(OP(=O)(O)O)C(F)(F)C(F)(F)C(F)(F)OP(=O)(O)O. The Morgan fingerprint density at radius 1 is 0.800 bits per heavy atom. The summed E-state index contributed by atoms with van der Waals surface area (Å²) in [5.41, 5.74) is 0. The van der Waals surface area contributed by atoms with Crippen molar-refractivity contribution in [3.8, 4) is 0 Å². The van der Waals surface area contributed by atoms with Gasteiger partial charge in [-0.2, -0.15) is 26.3 Å². The van der Waals surface area contributed by atoms with Gasteiger partial charge in [-0.1, -0.05) is 13.3 Å². The molecule has 0 rings (SSSR count). The van der Waals surface area contributed by atoms with Crippen LogP contribution in [-0.4, -0.2) is 43.4 Å². The summed E-state index contributed by atoms with van der Waals surface area (Å²) in [6, 6.07) is 0. The van der Waals surface area contributed by atoms with Crippen LogP contribution in [0.15, 0.2) is 0 Å². The van der Waals surface area contributed by atoms with Gasteiger partial charge in [-0.3, -0.25) is 0 Å². The van der Waals surface area contributed by atoms with Gasteiger partial charge in [0.15, 0.2) is 0 Å². The van der Waals surface area contributed by atoms with E-state index in [1.54, 1.807) is 0 Å². The van der Waals surface area contributed by atoms with Crippen LogP contribution < -0.4 is 0 Å². The van der Waals surface area contributed by atoms with Crippen molar-refractivity contribution >= 4 is 15.6 Å². The van der Waals surface area contributed by atoms with Crippen LogP contribution in [0.25, 0.3) is 0 Å². The first-order chi connectivity index (χ1) is 10.7. The number of halogens is 7. The molecular formula is C8H13F7O8P2. The van der Waals surface area contributed by atoms with E-state index in [-0.39, 0.29) is 6.42 Å². The van der Waals surface area contributed by atoms with Gasteiger partial charge in [0.05, 0.1) is 0 Å². The number of phosphoric acid groups is 2. The Morgan fingerprint density at radius 3 is 1.52 bits per heavy atom. The molecule has 0 aromatic carbocycles. The van der Waals surface area contributed by atoms with E-state index in [1.165, 1.54) is 6.92 Å². The molecule has 0 heterocycles. The summed E-state index contributed by atoms with van der Waals surface area (Å²) >= 11 is 0. The second kappa shape index (κ2) is 7.39. The molecule has 17 heteroatoms. The van der Waals surface area contributed by atoms with Crippen molar-refractivity contribution in [2.75, 3.05) is 0 Å². The molecule has 0 saturated carbocycles. The van der Waals surface area contributed by atoms with E-state index in [1.807, 2.05) is 0 Å². The third-order valence-corrected chi connectivity index (χ3v) is 3.57. The van der Waals surface area contributed by atoms with E-state index >= 15 is 0 Å². The van der Waals surface area contributed by atoms with Crippen LogP contribution in [-0.2, 0) is 18.2 Å². The highest BCUT2D eigenvalue weighted by Gasteiger charge is 2.82. The van der Waals surface area contributed by atoms with Gasteiger partial charge < -0.3 is 19.6 Å². The van der Waals surface area contributed by atoms with E-state index in [2.05, 4.69) is 9.05 Å². The highest BCUT2D eigenvalue weighted by atomic mass is 31.2. The molecule has 1 unspecified atom stereocenters. The van der Waals surface area contributed by atoms with Crippen LogP contribution in [0.2, 0.25) is 0 Å². The van der Waals surface area contributed by atoms with Gasteiger partial charge in [0.25, 0.3) is 5.85 Å². The minimum Gasteiger partial charge on any atom is -0.303 e. The lowest BCUT2D eigenvalue weighted by Gasteiger charge is -2.39. The Morgan fingerprint density at radius 2 is 1.20 bits per heavy atom. The zero-order valence-corrected chi connectivity index (χ0v) is 13.9. The molecule has 25 heavy (non-hydrogen) atoms. The van der Waals surface area contributed by atoms with Gasteiger partial charge in [0.2, 0.25) is 0 Å². The highest BCUT2D eigenvalue weighted by Crippen LogP contribution is 2.60. The number of phosphoric ester groups is 2. The highest BCUT2D eigenvalue weighted by molar-refractivity contribution is 7.46. The monoisotopic (exact) mass is 432 g/mol. The largest absolute Gasteiger partial charge is 0.474 e. The van der Waals surface area contributed by atoms with Gasteiger partial charge in [-0.25, -0.2) is 22.6 Å². The quantitative estimate of drug-likeness (QED) is 0.306. The van der Waals surface area contributed by atoms with Crippen LogP contribution in [0.4, 0.5) is 30.7 Å². The molecule has 0 aromatic heterocycles. The van der Waals surface area contributed by atoms with Crippen molar-refractivity contribution in [1.82, 2.24) is 0 Å². The normalized spacial score (nSPS) is 17.4. The average molecular weight is 432 g/mol. The molecule has 8 nitrogen and oxygen atoms in total. The maximum Gasteiger partial charge on any atom is 0.474 e. The second-order valence-corrected chi connectivity index (χ2v) is 6.99. The molecule has 0 spiro atoms. The topological polar surface area (TPSA) is 134 Å². The number of hydrogen-bond acceptors (Lipinski definition) is 4. The Kier molecular flexibility index (Phi) is 7.31. The van der Waals surface area contributed by atoms with Gasteiger partial charge in [0, 0.05) is 6.42 Å². The predicted octanol–water partition coefficient (Wildman–Crippen LogP) is 2.92. The fourth-order valence-electron chi connectivity index (χ4n) is 1.48. The molecule has 0 aromatic rings. The molecule has 0 fully saturated rings. The molecule has 0 bridgehead atoms. The molecule has 0 aliphatic heterocycles. The van der Waals surface area contributed by atoms with Gasteiger partial charge in [-0.15, -0.1) is 0 Å². The number of hydrogen-bond donors (Lipinski definition) is 4. The fourth-order valence-corrected chi connectivity index (χ4v) is 2.47. The third-order valence-electron chi connectivity index (χ3n) is 2.58. The summed E-state index contributed by atoms with van der Waals surface area (Å²) in [4.78, 5) is 33.0. The molecule has 1 atom stereocenters. The number of rotatable bonds is 10. The van der Waals surface area contributed by atoms with E-state index < -0.39 is 52.3 Å². The molecule has 4 N–H and O–H groups in total. The molecule has 0 radical (unpaired) electrons. The molecule has 0 aliphatic rings. The summed E-state index contributed by atoms with van der Waals surface area (Å²) in [6.45, 7) is 1.21. The third kappa shape index (κ3) is 5.86. The van der Waals surface area contributed by atoms with Gasteiger partial charge >= 0.3 is 33.6 Å². The number of unbranched alkanes of at least 4 members (excludes halogenated alkanes) is 1. The standard InChI is InChI=1S/C8H13F7O8P2/c1-2-3-4-5(9,22-24(16,17)18)6(10,11)7(12,13)8(14,15)23-25(19,20)21/h2-4H2,1H3,(H2,16,17,18)(H2,19,20,21). The Labute approximate surface area is 135 Å². The van der Waals surface area contributed by atoms with Crippen molar-refractivity contribution in [3.63, 3.8) is 0 Å². The molecule has 0 saturated heterocycles. The molecule has 0 amide bonds. The Balaban J connectivity index is 6.13. The lowest BCUT2D eigenvalue weighted by atomic mass is 9.97. The minimum atomic E-state index is -6.97. The smallest absolute Gasteiger partial charge is 0.303 e. The van der Waals surface area contributed by atoms with Crippen LogP contribution >= 0.6 is 15.6 Å². The van der Waals surface area contributed by atoms with E-state index in [9.17, 15) is 39.9 Å². The molecule has 0 aliphatic carbocycles. The summed E-state index contributed by atoms with van der Waals surface area (Å²) in [7, 11) is -12.7. The van der Waals surface area contributed by atoms with E-state index in [0.717, 1.165) is 0 Å².